The van der Waals surface area contributed by atoms with Gasteiger partial charge in [-0.1, -0.05) is 6.07 Å². The van der Waals surface area contributed by atoms with Gasteiger partial charge in [0.25, 0.3) is 0 Å². The molecule has 3 nitrogen and oxygen atoms in total. The molecule has 0 unspecified atom stereocenters. The number of hydrogen-bond donors (Lipinski definition) is 0. The Balaban J connectivity index is 0.000000845. The van der Waals surface area contributed by atoms with Crippen LogP contribution in [0.25, 0.3) is 10.7 Å². The first-order valence-corrected chi connectivity index (χ1v) is 4.68. The van der Waals surface area contributed by atoms with E-state index in [0.717, 1.165) is 10.7 Å². The van der Waals surface area contributed by atoms with Crippen LogP contribution in [0.2, 0.25) is 0 Å². The van der Waals surface area contributed by atoms with Gasteiger partial charge in [-0.05, 0) is 11.4 Å². The van der Waals surface area contributed by atoms with E-state index in [9.17, 15) is 0 Å². The van der Waals surface area contributed by atoms with Crippen molar-refractivity contribution >= 4 is 24.0 Å². The first-order chi connectivity index (χ1) is 5.79. The Hall–Kier alpha value is 0.0600. The summed E-state index contributed by atoms with van der Waals surface area (Å²) in [5, 5.41) is 10.3. The van der Waals surface area contributed by atoms with E-state index in [1.54, 1.807) is 15.9 Å². The molecule has 0 atom stereocenters. The minimum absolute atomic E-state index is 0. The second-order valence-corrected chi connectivity index (χ2v) is 3.66. The van der Waals surface area contributed by atoms with Crippen LogP contribution in [0.3, 0.4) is 0 Å². The van der Waals surface area contributed by atoms with Gasteiger partial charge >= 0.3 is 29.6 Å². The Morgan fingerprint density at radius 2 is 2.23 bits per heavy atom. The number of nitrogens with zero attached hydrogens (tertiary/aromatic N) is 3. The molecular formula is C7H6N3NaS2. The van der Waals surface area contributed by atoms with Crippen LogP contribution in [-0.2, 0) is 19.7 Å². The molecule has 2 aromatic heterocycles. The number of thiophene rings is 1. The zero-order valence-corrected chi connectivity index (χ0v) is 11.0. The Labute approximate surface area is 108 Å². The minimum atomic E-state index is 0. The average molecular weight is 219 g/mol. The standard InChI is InChI=1S/C7H7N3S2.Na/c1-10-6(8-9-7(10)11)5-3-2-4-12-5;/h2-4H,1H3,(H,9,11);/q;+1/p-1. The molecule has 13 heavy (non-hydrogen) atoms. The molecular weight excluding hydrogens is 213 g/mol. The topological polar surface area (TPSA) is 30.7 Å². The Morgan fingerprint density at radius 1 is 1.46 bits per heavy atom. The minimum Gasteiger partial charge on any atom is -0.740 e. The molecule has 0 fully saturated rings. The Kier molecular flexibility index (Phi) is 3.87. The van der Waals surface area contributed by atoms with Gasteiger partial charge in [0.2, 0.25) is 0 Å². The maximum absolute atomic E-state index is 4.94. The van der Waals surface area contributed by atoms with Crippen molar-refractivity contribution in [1.29, 1.82) is 0 Å². The third-order valence-corrected chi connectivity index (χ3v) is 2.80. The van der Waals surface area contributed by atoms with Gasteiger partial charge in [0.05, 0.1) is 4.88 Å². The van der Waals surface area contributed by atoms with E-state index in [0.29, 0.717) is 5.16 Å². The predicted octanol–water partition coefficient (Wildman–Crippen LogP) is -1.55. The third kappa shape index (κ3) is 2.11. The molecule has 2 heterocycles. The van der Waals surface area contributed by atoms with Gasteiger partial charge in [-0.15, -0.1) is 16.4 Å². The second-order valence-electron chi connectivity index (χ2n) is 2.34. The predicted molar refractivity (Wildman–Crippen MR) is 49.9 cm³/mol. The Morgan fingerprint density at radius 3 is 2.69 bits per heavy atom. The summed E-state index contributed by atoms with van der Waals surface area (Å²) in [7, 11) is 1.87. The fraction of sp³-hybridized carbons (Fsp3) is 0.143. The summed E-state index contributed by atoms with van der Waals surface area (Å²) in [4.78, 5) is 1.10. The van der Waals surface area contributed by atoms with Crippen molar-refractivity contribution < 1.29 is 29.6 Å². The first kappa shape index (κ1) is 11.1. The van der Waals surface area contributed by atoms with Crippen molar-refractivity contribution in [3.63, 3.8) is 0 Å². The molecule has 0 aromatic carbocycles. The molecule has 6 heteroatoms. The smallest absolute Gasteiger partial charge is 0.740 e. The van der Waals surface area contributed by atoms with Gasteiger partial charge < -0.3 is 17.2 Å². The maximum Gasteiger partial charge on any atom is 1.00 e. The molecule has 0 N–H and O–H groups in total. The monoisotopic (exact) mass is 219 g/mol. The van der Waals surface area contributed by atoms with Crippen molar-refractivity contribution in [2.24, 2.45) is 7.05 Å². The maximum atomic E-state index is 4.94. The van der Waals surface area contributed by atoms with E-state index in [2.05, 4.69) is 10.2 Å². The molecule has 62 valence electrons. The number of hydrogen-bond acceptors (Lipinski definition) is 4. The van der Waals surface area contributed by atoms with Crippen molar-refractivity contribution in [3.8, 4) is 10.7 Å². The summed E-state index contributed by atoms with van der Waals surface area (Å²) in [5.41, 5.74) is 0. The summed E-state index contributed by atoms with van der Waals surface area (Å²) in [6.07, 6.45) is 0. The van der Waals surface area contributed by atoms with Crippen LogP contribution < -0.4 is 29.6 Å². The van der Waals surface area contributed by atoms with Crippen molar-refractivity contribution in [3.05, 3.63) is 17.5 Å². The molecule has 0 aliphatic carbocycles. The fourth-order valence-corrected chi connectivity index (χ4v) is 1.81. The van der Waals surface area contributed by atoms with Gasteiger partial charge in [0.1, 0.15) is 0 Å². The average Bonchev–Trinajstić information content (AvgIpc) is 2.64. The second kappa shape index (κ2) is 4.52. The fourth-order valence-electron chi connectivity index (χ4n) is 0.935. The van der Waals surface area contributed by atoms with Gasteiger partial charge in [0, 0.05) is 12.2 Å². The van der Waals surface area contributed by atoms with Gasteiger partial charge in [-0.25, -0.2) is 0 Å². The zero-order valence-electron chi connectivity index (χ0n) is 7.39. The van der Waals surface area contributed by atoms with Crippen LogP contribution in [0.4, 0.5) is 0 Å². The summed E-state index contributed by atoms with van der Waals surface area (Å²) in [6.45, 7) is 0. The van der Waals surface area contributed by atoms with E-state index < -0.39 is 0 Å². The van der Waals surface area contributed by atoms with Crippen molar-refractivity contribution in [2.75, 3.05) is 0 Å². The van der Waals surface area contributed by atoms with Crippen LogP contribution in [0.5, 0.6) is 0 Å². The molecule has 0 aliphatic rings. The van der Waals surface area contributed by atoms with Crippen molar-refractivity contribution in [1.82, 2.24) is 14.8 Å². The van der Waals surface area contributed by atoms with Crippen LogP contribution in [0.15, 0.2) is 22.7 Å². The summed E-state index contributed by atoms with van der Waals surface area (Å²) in [5.74, 6) is 0.843. The number of aromatic nitrogens is 3. The third-order valence-electron chi connectivity index (χ3n) is 1.58. The molecule has 0 spiro atoms. The summed E-state index contributed by atoms with van der Waals surface area (Å²) in [6, 6.07) is 3.99. The molecule has 2 rings (SSSR count). The molecule has 2 aromatic rings. The van der Waals surface area contributed by atoms with Gasteiger partial charge in [-0.3, -0.25) is 0 Å². The van der Waals surface area contributed by atoms with Crippen LogP contribution in [0, 0.1) is 0 Å². The van der Waals surface area contributed by atoms with Crippen LogP contribution >= 0.6 is 11.3 Å². The largest absolute Gasteiger partial charge is 1.00 e. The van der Waals surface area contributed by atoms with E-state index in [4.69, 9.17) is 12.6 Å². The van der Waals surface area contributed by atoms with Crippen molar-refractivity contribution in [2.45, 2.75) is 5.16 Å². The van der Waals surface area contributed by atoms with E-state index in [1.807, 2.05) is 24.6 Å². The molecule has 0 aliphatic heterocycles. The van der Waals surface area contributed by atoms with Gasteiger partial charge in [0.15, 0.2) is 5.82 Å². The van der Waals surface area contributed by atoms with Crippen LogP contribution in [-0.4, -0.2) is 14.8 Å². The van der Waals surface area contributed by atoms with E-state index in [-0.39, 0.29) is 29.6 Å². The Bertz CT molecular complexity index is 382. The first-order valence-electron chi connectivity index (χ1n) is 3.39. The normalized spacial score (nSPS) is 9.62. The quantitative estimate of drug-likeness (QED) is 0.430. The molecule has 0 radical (unpaired) electrons. The molecule has 0 amide bonds. The van der Waals surface area contributed by atoms with Crippen LogP contribution in [0.1, 0.15) is 0 Å². The summed E-state index contributed by atoms with van der Waals surface area (Å²) < 4.78 is 1.81. The van der Waals surface area contributed by atoms with Gasteiger partial charge in [-0.2, -0.15) is 5.10 Å². The molecule has 0 saturated carbocycles. The summed E-state index contributed by atoms with van der Waals surface area (Å²) >= 11 is 6.58. The molecule has 0 bridgehead atoms. The molecule has 0 saturated heterocycles. The number of rotatable bonds is 1. The SMILES string of the molecule is Cn1c([S-])nnc1-c1cccs1.[Na+]. The van der Waals surface area contributed by atoms with E-state index >= 15 is 0 Å². The zero-order chi connectivity index (χ0) is 8.55. The van der Waals surface area contributed by atoms with E-state index in [1.165, 1.54) is 0 Å².